The fourth-order valence-electron chi connectivity index (χ4n) is 4.17. The molecule has 0 aliphatic carbocycles. The molecule has 4 rings (SSSR count). The smallest absolute Gasteiger partial charge is 0.240 e. The van der Waals surface area contributed by atoms with Crippen LogP contribution in [0.25, 0.3) is 11.0 Å². The van der Waals surface area contributed by atoms with Crippen LogP contribution in [0.2, 0.25) is 0 Å². The number of sulfonamides is 1. The third-order valence-electron chi connectivity index (χ3n) is 5.98. The monoisotopic (exact) mass is 461 g/mol. The highest BCUT2D eigenvalue weighted by Crippen LogP contribution is 2.32. The van der Waals surface area contributed by atoms with Crippen LogP contribution >= 0.6 is 0 Å². The van der Waals surface area contributed by atoms with Crippen LogP contribution in [0.3, 0.4) is 0 Å². The fraction of sp³-hybridized carbons (Fsp3) is 0.435. The maximum Gasteiger partial charge on any atom is 0.240 e. The molecule has 7 nitrogen and oxygen atoms in total. The van der Waals surface area contributed by atoms with Gasteiger partial charge in [-0.2, -0.15) is 0 Å². The van der Waals surface area contributed by atoms with E-state index in [0.29, 0.717) is 23.8 Å². The summed E-state index contributed by atoms with van der Waals surface area (Å²) in [6, 6.07) is 11.0. The first-order valence-corrected chi connectivity index (χ1v) is 12.4. The summed E-state index contributed by atoms with van der Waals surface area (Å²) in [6.45, 7) is 3.24. The molecule has 2 aromatic carbocycles. The van der Waals surface area contributed by atoms with E-state index in [9.17, 15) is 12.8 Å². The number of rotatable bonds is 9. The molecule has 2 heterocycles. The number of ether oxygens (including phenoxy) is 1. The Labute approximate surface area is 187 Å². The van der Waals surface area contributed by atoms with Crippen LogP contribution in [0.15, 0.2) is 51.9 Å². The van der Waals surface area contributed by atoms with Crippen molar-refractivity contribution >= 4 is 21.0 Å². The highest BCUT2D eigenvalue weighted by molar-refractivity contribution is 7.89. The highest BCUT2D eigenvalue weighted by Gasteiger charge is 2.25. The fourth-order valence-corrected chi connectivity index (χ4v) is 5.28. The first kappa shape index (κ1) is 22.7. The van der Waals surface area contributed by atoms with E-state index in [0.717, 1.165) is 56.4 Å². The molecule has 9 heteroatoms. The Bertz CT molecular complexity index is 1160. The number of nitrogens with zero attached hydrogens (tertiary/aromatic N) is 2. The van der Waals surface area contributed by atoms with Crippen molar-refractivity contribution in [1.82, 2.24) is 14.8 Å². The van der Waals surface area contributed by atoms with Gasteiger partial charge in [-0.25, -0.2) is 17.5 Å². The Morgan fingerprint density at radius 3 is 2.78 bits per heavy atom. The zero-order chi connectivity index (χ0) is 22.6. The predicted molar refractivity (Wildman–Crippen MR) is 120 cm³/mol. The lowest BCUT2D eigenvalue weighted by Crippen LogP contribution is -2.34. The Morgan fingerprint density at radius 1 is 1.19 bits per heavy atom. The zero-order valence-electron chi connectivity index (χ0n) is 18.1. The van der Waals surface area contributed by atoms with E-state index < -0.39 is 10.0 Å². The van der Waals surface area contributed by atoms with E-state index in [-0.39, 0.29) is 10.7 Å². The number of fused-ring (bicyclic) bond motifs is 1. The van der Waals surface area contributed by atoms with Gasteiger partial charge in [-0.1, -0.05) is 11.2 Å². The number of hydrogen-bond acceptors (Lipinski definition) is 6. The van der Waals surface area contributed by atoms with Crippen LogP contribution in [0.1, 0.15) is 37.3 Å². The quantitative estimate of drug-likeness (QED) is 0.487. The first-order valence-electron chi connectivity index (χ1n) is 10.9. The van der Waals surface area contributed by atoms with Gasteiger partial charge in [0.05, 0.1) is 17.7 Å². The number of likely N-dealkylation sites (tertiary alicyclic amines) is 1. The number of benzene rings is 2. The summed E-state index contributed by atoms with van der Waals surface area (Å²) in [5, 5.41) is 5.09. The van der Waals surface area contributed by atoms with Crippen molar-refractivity contribution in [3.8, 4) is 5.75 Å². The van der Waals surface area contributed by atoms with E-state index in [1.807, 2.05) is 0 Å². The standard InChI is InChI=1S/C23H28FN3O4S/c1-30-19-5-4-6-20(16-19)32(28,29)25-11-2-3-12-27-13-9-17(10-14-27)23-21-8-7-18(24)15-22(21)31-26-23/h4-8,15-17,25H,2-3,9-14H2,1H3. The Morgan fingerprint density at radius 2 is 2.00 bits per heavy atom. The average molecular weight is 462 g/mol. The molecule has 1 saturated heterocycles. The molecule has 1 aliphatic rings. The minimum Gasteiger partial charge on any atom is -0.497 e. The van der Waals surface area contributed by atoms with Gasteiger partial charge in [0.25, 0.3) is 0 Å². The minimum atomic E-state index is -3.53. The van der Waals surface area contributed by atoms with E-state index in [1.54, 1.807) is 24.3 Å². The molecule has 0 bridgehead atoms. The first-order chi connectivity index (χ1) is 15.5. The normalized spacial score (nSPS) is 15.9. The van der Waals surface area contributed by atoms with Gasteiger partial charge in [-0.3, -0.25) is 0 Å². The van der Waals surface area contributed by atoms with Crippen LogP contribution in [-0.2, 0) is 10.0 Å². The number of aromatic nitrogens is 1. The van der Waals surface area contributed by atoms with Crippen LogP contribution in [0.4, 0.5) is 4.39 Å². The molecule has 172 valence electrons. The van der Waals surface area contributed by atoms with E-state index in [1.165, 1.54) is 25.3 Å². The lowest BCUT2D eigenvalue weighted by molar-refractivity contribution is 0.206. The lowest BCUT2D eigenvalue weighted by atomic mass is 9.91. The summed E-state index contributed by atoms with van der Waals surface area (Å²) < 4.78 is 51.3. The lowest BCUT2D eigenvalue weighted by Gasteiger charge is -2.31. The molecule has 0 amide bonds. The van der Waals surface area contributed by atoms with Gasteiger partial charge in [-0.05, 0) is 69.6 Å². The number of hydrogen-bond donors (Lipinski definition) is 1. The molecular weight excluding hydrogens is 433 g/mol. The van der Waals surface area contributed by atoms with Gasteiger partial charge in [0.2, 0.25) is 10.0 Å². The van der Waals surface area contributed by atoms with Gasteiger partial charge in [0.1, 0.15) is 11.6 Å². The number of nitrogens with one attached hydrogen (secondary N) is 1. The van der Waals surface area contributed by atoms with Crippen molar-refractivity contribution in [3.63, 3.8) is 0 Å². The van der Waals surface area contributed by atoms with Crippen LogP contribution < -0.4 is 9.46 Å². The van der Waals surface area contributed by atoms with E-state index in [4.69, 9.17) is 9.26 Å². The van der Waals surface area contributed by atoms with Crippen molar-refractivity contribution in [1.29, 1.82) is 0 Å². The molecule has 0 unspecified atom stereocenters. The van der Waals surface area contributed by atoms with Gasteiger partial charge >= 0.3 is 0 Å². The Hall–Kier alpha value is -2.49. The molecular formula is C23H28FN3O4S. The average Bonchev–Trinajstić information content (AvgIpc) is 3.22. The van der Waals surface area contributed by atoms with Crippen molar-refractivity contribution in [3.05, 3.63) is 54.0 Å². The molecule has 1 fully saturated rings. The highest BCUT2D eigenvalue weighted by atomic mass is 32.2. The summed E-state index contributed by atoms with van der Waals surface area (Å²) in [6.07, 6.45) is 3.63. The molecule has 0 radical (unpaired) electrons. The topological polar surface area (TPSA) is 84.7 Å². The van der Waals surface area contributed by atoms with Crippen molar-refractivity contribution < 1.29 is 22.1 Å². The van der Waals surface area contributed by atoms with Crippen LogP contribution in [0.5, 0.6) is 5.75 Å². The Balaban J connectivity index is 1.19. The van der Waals surface area contributed by atoms with E-state index in [2.05, 4.69) is 14.8 Å². The zero-order valence-corrected chi connectivity index (χ0v) is 18.9. The SMILES string of the molecule is COc1cccc(S(=O)(=O)NCCCCN2CCC(c3noc4cc(F)ccc34)CC2)c1. The molecule has 0 spiro atoms. The van der Waals surface area contributed by atoms with Crippen molar-refractivity contribution in [2.45, 2.75) is 36.5 Å². The number of halogens is 1. The summed E-state index contributed by atoms with van der Waals surface area (Å²) in [7, 11) is -2.02. The van der Waals surface area contributed by atoms with Gasteiger partial charge in [-0.15, -0.1) is 0 Å². The number of piperidine rings is 1. The van der Waals surface area contributed by atoms with Gasteiger partial charge < -0.3 is 14.2 Å². The molecule has 0 saturated carbocycles. The second-order valence-corrected chi connectivity index (χ2v) is 9.88. The molecule has 32 heavy (non-hydrogen) atoms. The summed E-state index contributed by atoms with van der Waals surface area (Å²) in [5.74, 6) is 0.510. The molecule has 3 aromatic rings. The second-order valence-electron chi connectivity index (χ2n) is 8.11. The minimum absolute atomic E-state index is 0.210. The number of unbranched alkanes of at least 4 members (excludes halogenated alkanes) is 1. The summed E-state index contributed by atoms with van der Waals surface area (Å²) >= 11 is 0. The Kier molecular flexibility index (Phi) is 7.07. The van der Waals surface area contributed by atoms with Crippen molar-refractivity contribution in [2.24, 2.45) is 0 Å². The predicted octanol–water partition coefficient (Wildman–Crippen LogP) is 3.91. The maximum absolute atomic E-state index is 13.4. The molecule has 1 N–H and O–H groups in total. The molecule has 1 aliphatic heterocycles. The molecule has 1 aromatic heterocycles. The van der Waals surface area contributed by atoms with Crippen molar-refractivity contribution in [2.75, 3.05) is 33.3 Å². The third kappa shape index (κ3) is 5.28. The summed E-state index contributed by atoms with van der Waals surface area (Å²) in [4.78, 5) is 2.61. The number of methoxy groups -OCH3 is 1. The van der Waals surface area contributed by atoms with Crippen LogP contribution in [0, 0.1) is 5.82 Å². The maximum atomic E-state index is 13.4. The van der Waals surface area contributed by atoms with Gasteiger partial charge in [0.15, 0.2) is 5.58 Å². The third-order valence-corrected chi connectivity index (χ3v) is 7.44. The van der Waals surface area contributed by atoms with Crippen LogP contribution in [-0.4, -0.2) is 51.8 Å². The van der Waals surface area contributed by atoms with E-state index >= 15 is 0 Å². The second kappa shape index (κ2) is 9.97. The largest absolute Gasteiger partial charge is 0.497 e. The molecule has 0 atom stereocenters. The van der Waals surface area contributed by atoms with Gasteiger partial charge in [0, 0.05) is 30.0 Å². The summed E-state index contributed by atoms with van der Waals surface area (Å²) in [5.41, 5.74) is 1.42.